The van der Waals surface area contributed by atoms with Gasteiger partial charge < -0.3 is 5.32 Å². The quantitative estimate of drug-likeness (QED) is 0.389. The molecule has 10 heteroatoms. The van der Waals surface area contributed by atoms with Gasteiger partial charge in [-0.1, -0.05) is 18.2 Å². The van der Waals surface area contributed by atoms with E-state index in [0.717, 1.165) is 22.4 Å². The smallest absolute Gasteiger partial charge is 0.251 e. The van der Waals surface area contributed by atoms with Gasteiger partial charge in [0.2, 0.25) is 10.0 Å². The van der Waals surface area contributed by atoms with Crippen molar-refractivity contribution >= 4 is 27.0 Å². The van der Waals surface area contributed by atoms with Gasteiger partial charge in [-0.05, 0) is 48.0 Å². The minimum atomic E-state index is -3.71. The number of carbonyl (C=O) groups is 1. The van der Waals surface area contributed by atoms with Crippen LogP contribution < -0.4 is 10.0 Å². The van der Waals surface area contributed by atoms with E-state index in [0.29, 0.717) is 5.56 Å². The highest BCUT2D eigenvalue weighted by molar-refractivity contribution is 7.89. The zero-order valence-electron chi connectivity index (χ0n) is 17.5. The highest BCUT2D eigenvalue weighted by atomic mass is 32.2. The van der Waals surface area contributed by atoms with E-state index in [1.54, 1.807) is 12.5 Å². The predicted molar refractivity (Wildman–Crippen MR) is 122 cm³/mol. The van der Waals surface area contributed by atoms with Crippen molar-refractivity contribution in [2.24, 2.45) is 0 Å². The summed E-state index contributed by atoms with van der Waals surface area (Å²) in [5.41, 5.74) is 2.99. The first-order valence-corrected chi connectivity index (χ1v) is 11.6. The van der Waals surface area contributed by atoms with Crippen molar-refractivity contribution in [3.05, 3.63) is 84.3 Å². The maximum atomic E-state index is 12.4. The maximum absolute atomic E-state index is 12.4. The lowest BCUT2D eigenvalue weighted by Gasteiger charge is -2.08. The molecule has 0 radical (unpaired) electrons. The summed E-state index contributed by atoms with van der Waals surface area (Å²) in [7, 11) is -3.71. The molecule has 0 aliphatic rings. The molecule has 0 saturated heterocycles. The highest BCUT2D eigenvalue weighted by Crippen LogP contribution is 2.16. The van der Waals surface area contributed by atoms with Gasteiger partial charge in [0.25, 0.3) is 5.91 Å². The Balaban J connectivity index is 1.37. The van der Waals surface area contributed by atoms with E-state index < -0.39 is 10.0 Å². The van der Waals surface area contributed by atoms with Crippen LogP contribution in [0, 0.1) is 11.3 Å². The summed E-state index contributed by atoms with van der Waals surface area (Å²) in [5.74, 6) is 0.389. The molecule has 2 aromatic carbocycles. The third-order valence-electron chi connectivity index (χ3n) is 4.92. The van der Waals surface area contributed by atoms with E-state index in [-0.39, 0.29) is 30.3 Å². The van der Waals surface area contributed by atoms with Crippen molar-refractivity contribution in [1.82, 2.24) is 24.6 Å². The molecule has 2 aromatic heterocycles. The first kappa shape index (κ1) is 22.1. The van der Waals surface area contributed by atoms with Crippen molar-refractivity contribution in [3.8, 4) is 11.9 Å². The first-order chi connectivity index (χ1) is 16.0. The molecule has 2 N–H and O–H groups in total. The van der Waals surface area contributed by atoms with Crippen molar-refractivity contribution in [3.63, 3.8) is 0 Å². The molecule has 0 atom stereocenters. The van der Waals surface area contributed by atoms with Crippen LogP contribution in [-0.2, 0) is 16.6 Å². The Labute approximate surface area is 190 Å². The minimum Gasteiger partial charge on any atom is -0.348 e. The maximum Gasteiger partial charge on any atom is 0.251 e. The summed E-state index contributed by atoms with van der Waals surface area (Å²) < 4.78 is 28.5. The molecule has 0 spiro atoms. The molecule has 33 heavy (non-hydrogen) atoms. The number of nitrogens with zero attached hydrogens (tertiary/aromatic N) is 4. The normalized spacial score (nSPS) is 11.2. The van der Waals surface area contributed by atoms with Crippen molar-refractivity contribution < 1.29 is 13.2 Å². The molecular weight excluding hydrogens is 440 g/mol. The zero-order chi connectivity index (χ0) is 23.3. The Morgan fingerprint density at radius 1 is 1.03 bits per heavy atom. The van der Waals surface area contributed by atoms with Gasteiger partial charge in [0.1, 0.15) is 12.1 Å². The van der Waals surface area contributed by atoms with Crippen LogP contribution in [0.25, 0.3) is 16.9 Å². The fourth-order valence-electron chi connectivity index (χ4n) is 3.20. The van der Waals surface area contributed by atoms with Gasteiger partial charge in [0, 0.05) is 31.3 Å². The predicted octanol–water partition coefficient (Wildman–Crippen LogP) is 2.54. The van der Waals surface area contributed by atoms with Crippen LogP contribution >= 0.6 is 0 Å². The molecule has 4 aromatic rings. The number of hydrogen-bond donors (Lipinski definition) is 2. The van der Waals surface area contributed by atoms with E-state index >= 15 is 0 Å². The molecule has 2 heterocycles. The molecule has 0 bridgehead atoms. The second kappa shape index (κ2) is 9.60. The lowest BCUT2D eigenvalue weighted by Crippen LogP contribution is -2.25. The Morgan fingerprint density at radius 3 is 2.55 bits per heavy atom. The number of nitrogens with one attached hydrogen (secondary N) is 2. The topological polar surface area (TPSA) is 130 Å². The third kappa shape index (κ3) is 5.06. The Bertz CT molecular complexity index is 1420. The molecule has 0 saturated carbocycles. The summed E-state index contributed by atoms with van der Waals surface area (Å²) in [5, 5.41) is 11.3. The fraction of sp³-hybridized carbons (Fsp3) is 0.130. The Kier molecular flexibility index (Phi) is 6.44. The lowest BCUT2D eigenvalue weighted by molar-refractivity contribution is 0.0951. The Hall–Kier alpha value is -4.07. The van der Waals surface area contributed by atoms with Crippen molar-refractivity contribution in [2.45, 2.75) is 17.9 Å². The molecule has 4 rings (SSSR count). The van der Waals surface area contributed by atoms with E-state index in [9.17, 15) is 13.2 Å². The number of rotatable bonds is 8. The van der Waals surface area contributed by atoms with Crippen LogP contribution in [-0.4, -0.2) is 35.4 Å². The van der Waals surface area contributed by atoms with Crippen LogP contribution in [0.4, 0.5) is 0 Å². The van der Waals surface area contributed by atoms with Gasteiger partial charge in [-0.25, -0.2) is 23.1 Å². The lowest BCUT2D eigenvalue weighted by atomic mass is 10.2. The van der Waals surface area contributed by atoms with Crippen LogP contribution in [0.5, 0.6) is 0 Å². The van der Waals surface area contributed by atoms with Gasteiger partial charge in [-0.3, -0.25) is 9.36 Å². The average Bonchev–Trinajstić information content (AvgIpc) is 3.27. The van der Waals surface area contributed by atoms with Crippen molar-refractivity contribution in [1.29, 1.82) is 5.26 Å². The van der Waals surface area contributed by atoms with Crippen molar-refractivity contribution in [2.75, 3.05) is 6.54 Å². The largest absolute Gasteiger partial charge is 0.348 e. The number of para-hydroxylation sites is 2. The SMILES string of the molecule is N#CCCNS(=O)(=O)c1ccc(C(=O)NCc2ccc(-n3cnc4ccccc43)nc2)cc1. The zero-order valence-corrected chi connectivity index (χ0v) is 18.3. The molecule has 0 fully saturated rings. The summed E-state index contributed by atoms with van der Waals surface area (Å²) in [6.07, 6.45) is 3.48. The number of imidazole rings is 1. The first-order valence-electron chi connectivity index (χ1n) is 10.1. The standard InChI is InChI=1S/C23H20N6O3S/c24-12-3-13-28-33(31,32)19-9-7-18(8-10-19)23(30)26-15-17-6-11-22(25-14-17)29-16-27-20-4-1-2-5-21(20)29/h1-2,4-11,14,16,28H,3,13,15H2,(H,26,30). The molecule has 0 unspecified atom stereocenters. The van der Waals surface area contributed by atoms with Gasteiger partial charge >= 0.3 is 0 Å². The van der Waals surface area contributed by atoms with E-state index in [2.05, 4.69) is 20.0 Å². The Morgan fingerprint density at radius 2 is 1.82 bits per heavy atom. The molecule has 166 valence electrons. The number of hydrogen-bond acceptors (Lipinski definition) is 6. The second-order valence-corrected chi connectivity index (χ2v) is 8.91. The summed E-state index contributed by atoms with van der Waals surface area (Å²) in [6.45, 7) is 0.303. The number of sulfonamides is 1. The molecule has 9 nitrogen and oxygen atoms in total. The van der Waals surface area contributed by atoms with Crippen LogP contribution in [0.15, 0.2) is 78.1 Å². The van der Waals surface area contributed by atoms with E-state index in [1.165, 1.54) is 24.3 Å². The summed E-state index contributed by atoms with van der Waals surface area (Å²) in [6, 6.07) is 19.0. The average molecular weight is 461 g/mol. The number of benzene rings is 2. The number of fused-ring (bicyclic) bond motifs is 1. The number of carbonyl (C=O) groups excluding carboxylic acids is 1. The molecule has 1 amide bonds. The molecule has 0 aliphatic carbocycles. The second-order valence-electron chi connectivity index (χ2n) is 7.14. The van der Waals surface area contributed by atoms with Gasteiger partial charge in [-0.15, -0.1) is 0 Å². The monoisotopic (exact) mass is 460 g/mol. The summed E-state index contributed by atoms with van der Waals surface area (Å²) >= 11 is 0. The third-order valence-corrected chi connectivity index (χ3v) is 6.40. The summed E-state index contributed by atoms with van der Waals surface area (Å²) in [4.78, 5) is 21.3. The van der Waals surface area contributed by atoms with Gasteiger partial charge in [-0.2, -0.15) is 5.26 Å². The van der Waals surface area contributed by atoms with Crippen LogP contribution in [0.1, 0.15) is 22.3 Å². The van der Waals surface area contributed by atoms with Crippen LogP contribution in [0.3, 0.4) is 0 Å². The van der Waals surface area contributed by atoms with Crippen LogP contribution in [0.2, 0.25) is 0 Å². The highest BCUT2D eigenvalue weighted by Gasteiger charge is 2.14. The molecular formula is C23H20N6O3S. The minimum absolute atomic E-state index is 0.0313. The number of aromatic nitrogens is 3. The fourth-order valence-corrected chi connectivity index (χ4v) is 4.23. The van der Waals surface area contributed by atoms with Gasteiger partial charge in [0.05, 0.1) is 22.0 Å². The number of nitriles is 1. The molecule has 0 aliphatic heterocycles. The van der Waals surface area contributed by atoms with E-state index in [4.69, 9.17) is 5.26 Å². The van der Waals surface area contributed by atoms with Gasteiger partial charge in [0.15, 0.2) is 0 Å². The van der Waals surface area contributed by atoms with E-state index in [1.807, 2.05) is 47.0 Å². The number of pyridine rings is 1. The number of amides is 1.